The van der Waals surface area contributed by atoms with Crippen LogP contribution in [0, 0.1) is 6.92 Å². The number of aryl methyl sites for hydroxylation is 1. The first kappa shape index (κ1) is 20.8. The lowest BCUT2D eigenvalue weighted by Gasteiger charge is -2.20. The molecular formula is C23H18ClN7O2. The number of anilines is 1. The molecule has 5 aromatic rings. The van der Waals surface area contributed by atoms with E-state index in [-0.39, 0.29) is 28.0 Å². The van der Waals surface area contributed by atoms with Gasteiger partial charge in [-0.2, -0.15) is 0 Å². The molecule has 3 aromatic heterocycles. The van der Waals surface area contributed by atoms with Crippen molar-refractivity contribution in [1.82, 2.24) is 29.5 Å². The van der Waals surface area contributed by atoms with Gasteiger partial charge in [0.25, 0.3) is 11.1 Å². The maximum atomic E-state index is 13.6. The van der Waals surface area contributed by atoms with Gasteiger partial charge in [-0.3, -0.25) is 14.2 Å². The molecule has 0 amide bonds. The summed E-state index contributed by atoms with van der Waals surface area (Å²) in [5.41, 5.74) is 1.73. The van der Waals surface area contributed by atoms with Gasteiger partial charge in [0, 0.05) is 0 Å². The highest BCUT2D eigenvalue weighted by Crippen LogP contribution is 2.25. The molecule has 0 aliphatic heterocycles. The summed E-state index contributed by atoms with van der Waals surface area (Å²) in [6.45, 7) is 3.78. The van der Waals surface area contributed by atoms with Crippen LogP contribution in [0.15, 0.2) is 64.7 Å². The molecule has 0 fully saturated rings. The number of halogens is 1. The zero-order valence-electron chi connectivity index (χ0n) is 17.7. The molecule has 10 heteroatoms. The molecule has 3 heterocycles. The van der Waals surface area contributed by atoms with E-state index in [1.165, 1.54) is 17.2 Å². The molecule has 164 valence electrons. The van der Waals surface area contributed by atoms with Crippen molar-refractivity contribution in [2.24, 2.45) is 0 Å². The molecule has 0 spiro atoms. The largest absolute Gasteiger partial charge is 0.360 e. The smallest absolute Gasteiger partial charge is 0.267 e. The molecule has 0 aliphatic rings. The molecule has 0 bridgehead atoms. The molecule has 5 rings (SSSR count). The lowest BCUT2D eigenvalue weighted by Crippen LogP contribution is -2.28. The second-order valence-corrected chi connectivity index (χ2v) is 8.01. The summed E-state index contributed by atoms with van der Waals surface area (Å²) in [5.74, 6) is 0.727. The van der Waals surface area contributed by atoms with Crippen LogP contribution in [-0.4, -0.2) is 29.5 Å². The summed E-state index contributed by atoms with van der Waals surface area (Å²) < 4.78 is 1.53. The fraction of sp³-hybridized carbons (Fsp3) is 0.130. The van der Waals surface area contributed by atoms with Crippen LogP contribution >= 0.6 is 11.6 Å². The summed E-state index contributed by atoms with van der Waals surface area (Å²) in [6, 6.07) is 12.2. The topological polar surface area (TPSA) is 118 Å². The molecule has 1 unspecified atom stereocenters. The van der Waals surface area contributed by atoms with E-state index in [0.717, 1.165) is 5.56 Å². The van der Waals surface area contributed by atoms with Crippen molar-refractivity contribution in [1.29, 1.82) is 0 Å². The Labute approximate surface area is 192 Å². The van der Waals surface area contributed by atoms with E-state index in [0.29, 0.717) is 27.4 Å². The quantitative estimate of drug-likeness (QED) is 0.422. The summed E-state index contributed by atoms with van der Waals surface area (Å²) in [4.78, 5) is 45.7. The Hall–Kier alpha value is -4.11. The number of H-pyrrole nitrogens is 1. The van der Waals surface area contributed by atoms with Gasteiger partial charge in [0.05, 0.1) is 34.0 Å². The molecule has 2 N–H and O–H groups in total. The highest BCUT2D eigenvalue weighted by molar-refractivity contribution is 6.35. The van der Waals surface area contributed by atoms with Gasteiger partial charge in [0.1, 0.15) is 23.4 Å². The monoisotopic (exact) mass is 459 g/mol. The van der Waals surface area contributed by atoms with Crippen LogP contribution in [0.25, 0.3) is 27.6 Å². The van der Waals surface area contributed by atoms with E-state index in [1.54, 1.807) is 18.2 Å². The Kier molecular flexibility index (Phi) is 5.10. The minimum Gasteiger partial charge on any atom is -0.360 e. The predicted octanol–water partition coefficient (Wildman–Crippen LogP) is 3.55. The van der Waals surface area contributed by atoms with E-state index in [4.69, 9.17) is 16.6 Å². The van der Waals surface area contributed by atoms with Crippen molar-refractivity contribution in [3.8, 4) is 5.69 Å². The molecule has 9 nitrogen and oxygen atoms in total. The summed E-state index contributed by atoms with van der Waals surface area (Å²) in [5, 5.41) is 4.10. The van der Waals surface area contributed by atoms with Crippen molar-refractivity contribution >= 4 is 39.4 Å². The van der Waals surface area contributed by atoms with E-state index >= 15 is 0 Å². The van der Waals surface area contributed by atoms with Crippen LogP contribution in [0.4, 0.5) is 5.82 Å². The van der Waals surface area contributed by atoms with Gasteiger partial charge in [-0.15, -0.1) is 0 Å². The van der Waals surface area contributed by atoms with Crippen LogP contribution in [0.3, 0.4) is 0 Å². The number of rotatable bonds is 4. The van der Waals surface area contributed by atoms with Crippen molar-refractivity contribution in [3.63, 3.8) is 0 Å². The number of hydrogen-bond donors (Lipinski definition) is 2. The molecule has 0 aliphatic carbocycles. The number of hydrogen-bond acceptors (Lipinski definition) is 7. The van der Waals surface area contributed by atoms with Crippen molar-refractivity contribution in [2.75, 3.05) is 5.32 Å². The number of aromatic amines is 1. The van der Waals surface area contributed by atoms with Gasteiger partial charge in [-0.1, -0.05) is 29.8 Å². The van der Waals surface area contributed by atoms with Crippen molar-refractivity contribution < 1.29 is 0 Å². The van der Waals surface area contributed by atoms with Crippen LogP contribution in [-0.2, 0) is 0 Å². The Morgan fingerprint density at radius 3 is 2.70 bits per heavy atom. The number of benzene rings is 2. The minimum atomic E-state index is -0.515. The van der Waals surface area contributed by atoms with Gasteiger partial charge >= 0.3 is 0 Å². The molecule has 0 saturated carbocycles. The second-order valence-electron chi connectivity index (χ2n) is 7.60. The SMILES string of the molecule is Cc1cccc(-n2c(C(C)Nc3ncnc4nc[nH]c(=O)c34)nc3cccc(Cl)c3c2=O)c1. The number of nitrogens with zero attached hydrogens (tertiary/aromatic N) is 5. The fourth-order valence-electron chi connectivity index (χ4n) is 3.80. The third kappa shape index (κ3) is 3.62. The molecule has 0 radical (unpaired) electrons. The minimum absolute atomic E-state index is 0.222. The normalized spacial score (nSPS) is 12.2. The zero-order chi connectivity index (χ0) is 23.1. The first-order valence-electron chi connectivity index (χ1n) is 10.2. The number of aromatic nitrogens is 6. The van der Waals surface area contributed by atoms with E-state index in [1.807, 2.05) is 38.1 Å². The highest BCUT2D eigenvalue weighted by atomic mass is 35.5. The summed E-state index contributed by atoms with van der Waals surface area (Å²) >= 11 is 6.37. The number of fused-ring (bicyclic) bond motifs is 2. The summed E-state index contributed by atoms with van der Waals surface area (Å²) in [7, 11) is 0. The molecule has 1 atom stereocenters. The fourth-order valence-corrected chi connectivity index (χ4v) is 4.05. The Balaban J connectivity index is 1.73. The van der Waals surface area contributed by atoms with E-state index in [2.05, 4.69) is 25.3 Å². The van der Waals surface area contributed by atoms with E-state index < -0.39 is 6.04 Å². The van der Waals surface area contributed by atoms with Gasteiger partial charge in [-0.25, -0.2) is 19.9 Å². The zero-order valence-corrected chi connectivity index (χ0v) is 18.5. The number of nitrogens with one attached hydrogen (secondary N) is 2. The van der Waals surface area contributed by atoms with Crippen molar-refractivity contribution in [3.05, 3.63) is 92.2 Å². The maximum Gasteiger partial charge on any atom is 0.267 e. The first-order valence-corrected chi connectivity index (χ1v) is 10.5. The Morgan fingerprint density at radius 2 is 1.88 bits per heavy atom. The highest BCUT2D eigenvalue weighted by Gasteiger charge is 2.21. The van der Waals surface area contributed by atoms with E-state index in [9.17, 15) is 9.59 Å². The van der Waals surface area contributed by atoms with Gasteiger partial charge < -0.3 is 10.3 Å². The van der Waals surface area contributed by atoms with Gasteiger partial charge in [-0.05, 0) is 43.7 Å². The standard InChI is InChI=1S/C23H18ClN7O2/c1-12-5-3-6-14(9-12)31-21(30-16-8-4-7-15(24)17(16)23(31)33)13(2)29-20-18-19(25-10-27-20)26-11-28-22(18)32/h3-11,13H,1-2H3,(H2,25,26,27,28,29,32). The second kappa shape index (κ2) is 8.10. The lowest BCUT2D eigenvalue weighted by atomic mass is 10.1. The average molecular weight is 460 g/mol. The predicted molar refractivity (Wildman–Crippen MR) is 127 cm³/mol. The Bertz CT molecular complexity index is 1640. The molecule has 0 saturated heterocycles. The van der Waals surface area contributed by atoms with Crippen LogP contribution < -0.4 is 16.4 Å². The molecule has 2 aromatic carbocycles. The van der Waals surface area contributed by atoms with Crippen LogP contribution in [0.1, 0.15) is 24.4 Å². The average Bonchev–Trinajstić information content (AvgIpc) is 2.79. The Morgan fingerprint density at radius 1 is 1.06 bits per heavy atom. The maximum absolute atomic E-state index is 13.6. The van der Waals surface area contributed by atoms with Crippen LogP contribution in [0.5, 0.6) is 0 Å². The molecule has 33 heavy (non-hydrogen) atoms. The summed E-state index contributed by atoms with van der Waals surface area (Å²) in [6.07, 6.45) is 2.61. The van der Waals surface area contributed by atoms with Gasteiger partial charge in [0.15, 0.2) is 5.65 Å². The third-order valence-electron chi connectivity index (χ3n) is 5.31. The van der Waals surface area contributed by atoms with Gasteiger partial charge in [0.2, 0.25) is 0 Å². The first-order chi connectivity index (χ1) is 15.9. The van der Waals surface area contributed by atoms with Crippen molar-refractivity contribution in [2.45, 2.75) is 19.9 Å². The lowest BCUT2D eigenvalue weighted by molar-refractivity contribution is 0.731. The molecular weight excluding hydrogens is 442 g/mol. The van der Waals surface area contributed by atoms with Crippen LogP contribution in [0.2, 0.25) is 5.02 Å². The third-order valence-corrected chi connectivity index (χ3v) is 5.62.